The largest absolute Gasteiger partial charge is 0.954 e. The van der Waals surface area contributed by atoms with Crippen LogP contribution in [0.5, 0.6) is 0 Å². The Balaban J connectivity index is 0.000000461. The lowest BCUT2D eigenvalue weighted by molar-refractivity contribution is -0.307. The molecule has 0 spiro atoms. The number of carboxylic acid groups (broad SMARTS) is 1. The molecule has 0 fully saturated rings. The Labute approximate surface area is 67.3 Å². The van der Waals surface area contributed by atoms with Gasteiger partial charge in [-0.15, -0.1) is 0 Å². The number of carbonyl (C=O) groups excluding carboxylic acids is 1. The van der Waals surface area contributed by atoms with Gasteiger partial charge in [0.15, 0.2) is 0 Å². The van der Waals surface area contributed by atoms with Gasteiger partial charge in [0, 0.05) is 4.57 Å². The van der Waals surface area contributed by atoms with Crippen molar-refractivity contribution in [3.63, 3.8) is 0 Å². The summed E-state index contributed by atoms with van der Waals surface area (Å²) >= 11 is 0. The molecule has 0 aromatic heterocycles. The molecule has 0 aliphatic carbocycles. The molecule has 0 aromatic rings. The molecule has 0 bridgehead atoms. The molecule has 1 aliphatic rings. The zero-order chi connectivity index (χ0) is 8.69. The third-order valence-corrected chi connectivity index (χ3v) is 1.59. The second-order valence-electron chi connectivity index (χ2n) is 1.44. The van der Waals surface area contributed by atoms with Gasteiger partial charge in [-0.3, -0.25) is 0 Å². The van der Waals surface area contributed by atoms with Crippen LogP contribution < -0.4 is 5.11 Å². The minimum atomic E-state index is -1.18. The number of hydrogen-bond acceptors (Lipinski definition) is 4. The highest BCUT2D eigenvalue weighted by Gasteiger charge is 1.97. The quantitative estimate of drug-likeness (QED) is 0.592. The average molecular weight is 190 g/mol. The smallest absolute Gasteiger partial charge is 0.548 e. The van der Waals surface area contributed by atoms with E-state index < -0.39 is 5.97 Å². The summed E-state index contributed by atoms with van der Waals surface area (Å²) in [5, 5.41) is 9.77. The predicted octanol–water partition coefficient (Wildman–Crippen LogP) is 0.0987. The van der Waals surface area contributed by atoms with E-state index in [-0.39, 0.29) is 6.61 Å². The molecular formula is C5H4O4P2. The van der Waals surface area contributed by atoms with Gasteiger partial charge in [0.2, 0.25) is 0 Å². The summed E-state index contributed by atoms with van der Waals surface area (Å²) in [6, 6.07) is 0. The molecule has 1 rings (SSSR count). The van der Waals surface area contributed by atoms with Crippen molar-refractivity contribution in [1.29, 1.82) is 0 Å². The minimum Gasteiger partial charge on any atom is -0.548 e. The molecule has 2 radical (unpaired) electrons. The fraction of sp³-hybridized carbons (Fsp3) is 0.200. The lowest BCUT2D eigenvalue weighted by Gasteiger charge is -2.06. The Bertz CT molecular complexity index is 199. The fourth-order valence-corrected chi connectivity index (χ4v) is 0.764. The molecule has 1 aliphatic heterocycles. The number of aliphatic carboxylic acids is 1. The van der Waals surface area contributed by atoms with E-state index in [0.717, 1.165) is 8.20 Å². The number of carbonyl (C=O) groups is 1. The van der Waals surface area contributed by atoms with Crippen molar-refractivity contribution in [3.8, 4) is 0 Å². The molecule has 4 nitrogen and oxygen atoms in total. The van der Waals surface area contributed by atoms with Crippen molar-refractivity contribution in [2.45, 2.75) is 0 Å². The van der Waals surface area contributed by atoms with Gasteiger partial charge in [0.05, 0.1) is 12.6 Å². The van der Waals surface area contributed by atoms with Gasteiger partial charge < -0.3 is 14.6 Å². The van der Waals surface area contributed by atoms with Gasteiger partial charge in [-0.05, 0) is 20.1 Å². The van der Waals surface area contributed by atoms with Crippen molar-refractivity contribution in [2.75, 3.05) is 6.61 Å². The zero-order valence-electron chi connectivity index (χ0n) is 5.39. The highest BCUT2D eigenvalue weighted by molar-refractivity contribution is 7.46. The normalized spacial score (nSPS) is 13.6. The van der Waals surface area contributed by atoms with Crippen molar-refractivity contribution in [1.82, 2.24) is 0 Å². The van der Waals surface area contributed by atoms with Crippen LogP contribution in [0.25, 0.3) is 0 Å². The molecule has 0 saturated carbocycles. The third-order valence-electron chi connectivity index (χ3n) is 0.757. The van der Waals surface area contributed by atoms with Gasteiger partial charge in [-0.2, -0.15) is 0 Å². The molecule has 1 heterocycles. The molecule has 0 unspecified atom stereocenters. The van der Waals surface area contributed by atoms with Gasteiger partial charge >= 0.3 is 9.12 Å². The van der Waals surface area contributed by atoms with Crippen molar-refractivity contribution in [3.05, 3.63) is 11.9 Å². The summed E-state index contributed by atoms with van der Waals surface area (Å²) in [5.74, 6) is 0.683. The van der Waals surface area contributed by atoms with Crippen LogP contribution >= 0.6 is 17.3 Å². The first kappa shape index (κ1) is 10.4. The molecular weight excluding hydrogens is 186 g/mol. The molecule has 0 amide bonds. The first-order valence-corrected chi connectivity index (χ1v) is 3.87. The molecule has 11 heavy (non-hydrogen) atoms. The highest BCUT2D eigenvalue weighted by atomic mass is 31.1. The van der Waals surface area contributed by atoms with E-state index in [2.05, 4.69) is 9.12 Å². The van der Waals surface area contributed by atoms with Crippen LogP contribution in [-0.4, -0.2) is 18.1 Å². The van der Waals surface area contributed by atoms with Gasteiger partial charge in [-0.1, -0.05) is 0 Å². The Morgan fingerprint density at radius 1 is 1.73 bits per heavy atom. The van der Waals surface area contributed by atoms with Crippen LogP contribution in [0, 0.1) is 0 Å². The van der Waals surface area contributed by atoms with Gasteiger partial charge in [0.1, 0.15) is 5.48 Å². The molecule has 0 atom stereocenters. The lowest BCUT2D eigenvalue weighted by Crippen LogP contribution is -2.28. The second-order valence-corrected chi connectivity index (χ2v) is 2.44. The van der Waals surface area contributed by atoms with Crippen LogP contribution in [0.15, 0.2) is 11.9 Å². The maximum absolute atomic E-state index is 9.77. The zero-order valence-corrected chi connectivity index (χ0v) is 7.18. The van der Waals surface area contributed by atoms with Gasteiger partial charge in [0.25, 0.3) is 0 Å². The summed E-state index contributed by atoms with van der Waals surface area (Å²) in [4.78, 5) is 9.77. The van der Waals surface area contributed by atoms with E-state index in [0.29, 0.717) is 5.48 Å². The summed E-state index contributed by atoms with van der Waals surface area (Å²) < 4.78 is 12.6. The van der Waals surface area contributed by atoms with E-state index in [1.807, 2.05) is 5.82 Å². The minimum absolute atomic E-state index is 0.341. The summed E-state index contributed by atoms with van der Waals surface area (Å²) in [7, 11) is 3.23. The first-order valence-electron chi connectivity index (χ1n) is 2.54. The van der Waals surface area contributed by atoms with E-state index >= 15 is 0 Å². The predicted molar refractivity (Wildman–Crippen MR) is 39.6 cm³/mol. The van der Waals surface area contributed by atoms with Crippen LogP contribution in [-0.2, 0) is 14.1 Å². The van der Waals surface area contributed by atoms with Crippen molar-refractivity contribution < 1.29 is 19.2 Å². The lowest BCUT2D eigenvalue weighted by atomic mass is 10.6. The average Bonchev–Trinajstić information content (AvgIpc) is 1.88. The highest BCUT2D eigenvalue weighted by Crippen LogP contribution is 2.13. The van der Waals surface area contributed by atoms with E-state index in [1.54, 1.807) is 6.08 Å². The maximum Gasteiger partial charge on any atom is 0.954 e. The summed E-state index contributed by atoms with van der Waals surface area (Å²) in [6.07, 6.45) is 1.73. The number of ether oxygens (including phenoxy) is 1. The van der Waals surface area contributed by atoms with Gasteiger partial charge in [-0.25, -0.2) is 0 Å². The molecule has 0 saturated heterocycles. The Morgan fingerprint density at radius 2 is 2.27 bits per heavy atom. The maximum atomic E-state index is 9.77. The topological polar surface area (TPSA) is 66.4 Å². The second kappa shape index (κ2) is 6.17. The van der Waals surface area contributed by atoms with Crippen LogP contribution in [0.4, 0.5) is 0 Å². The Kier molecular flexibility index (Phi) is 5.86. The standard InChI is InChI=1S/C5H5O3P.OP/c6-4(7)3-8-5-1-2-9-5;1-2/h1-2H,3H2,(H,6,7);/q;+1/p-1. The Morgan fingerprint density at radius 3 is 2.55 bits per heavy atom. The molecule has 58 valence electrons. The number of hydrogen-bond donors (Lipinski definition) is 0. The fourth-order valence-electron chi connectivity index (χ4n) is 0.354. The van der Waals surface area contributed by atoms with Crippen molar-refractivity contribution in [2.24, 2.45) is 0 Å². The molecule has 0 aromatic carbocycles. The van der Waals surface area contributed by atoms with Crippen LogP contribution in [0.1, 0.15) is 0 Å². The third kappa shape index (κ3) is 4.79. The SMILES string of the molecule is O=C([O-])COC1=PC=C1.O=[P+]. The molecule has 6 heteroatoms. The van der Waals surface area contributed by atoms with E-state index in [9.17, 15) is 9.90 Å². The summed E-state index contributed by atoms with van der Waals surface area (Å²) in [6.45, 7) is -0.341. The van der Waals surface area contributed by atoms with E-state index in [4.69, 9.17) is 9.30 Å². The van der Waals surface area contributed by atoms with E-state index in [1.165, 1.54) is 0 Å². The number of rotatable bonds is 3. The molecule has 0 N–H and O–H groups in total. The monoisotopic (exact) mass is 190 g/mol. The first-order chi connectivity index (χ1) is 5.29. The number of carboxylic acids is 1. The Hall–Kier alpha value is -0.560. The van der Waals surface area contributed by atoms with Crippen LogP contribution in [0.3, 0.4) is 0 Å². The van der Waals surface area contributed by atoms with Crippen molar-refractivity contribution >= 4 is 28.8 Å². The summed E-state index contributed by atoms with van der Waals surface area (Å²) in [5.41, 5.74) is 0.694. The van der Waals surface area contributed by atoms with Crippen LogP contribution in [0.2, 0.25) is 0 Å².